The Kier molecular flexibility index (Phi) is 3.68. The molecule has 1 amide bonds. The summed E-state index contributed by atoms with van der Waals surface area (Å²) in [5.74, 6) is -0.522. The number of hydrogen-bond acceptors (Lipinski definition) is 2. The van der Waals surface area contributed by atoms with E-state index in [1.54, 1.807) is 0 Å². The number of carbonyl (C=O) groups is 1. The number of carbonyl (C=O) groups excluding carboxylic acids is 1. The van der Waals surface area contributed by atoms with E-state index in [2.05, 4.69) is 5.32 Å². The lowest BCUT2D eigenvalue weighted by Crippen LogP contribution is -2.22. The summed E-state index contributed by atoms with van der Waals surface area (Å²) < 4.78 is 38.5. The number of rotatable bonds is 2. The van der Waals surface area contributed by atoms with Crippen molar-refractivity contribution in [2.75, 3.05) is 11.1 Å². The summed E-state index contributed by atoms with van der Waals surface area (Å²) in [4.78, 5) is 11.9. The molecular weight excluding hydrogens is 257 g/mol. The quantitative estimate of drug-likeness (QED) is 0.810. The normalized spacial score (nSPS) is 16.6. The lowest BCUT2D eigenvalue weighted by atomic mass is 10.1. The van der Waals surface area contributed by atoms with Crippen molar-refractivity contribution < 1.29 is 18.0 Å². The lowest BCUT2D eigenvalue weighted by Gasteiger charge is -2.16. The van der Waals surface area contributed by atoms with E-state index in [9.17, 15) is 18.0 Å². The highest BCUT2D eigenvalue weighted by Crippen LogP contribution is 2.36. The van der Waals surface area contributed by atoms with Gasteiger partial charge in [-0.15, -0.1) is 0 Å². The number of hydrogen-bond donors (Lipinski definition) is 2. The summed E-state index contributed by atoms with van der Waals surface area (Å²) in [5.41, 5.74) is 4.26. The average Bonchev–Trinajstić information content (AvgIpc) is 2.83. The van der Waals surface area contributed by atoms with Crippen LogP contribution in [0.3, 0.4) is 0 Å². The van der Waals surface area contributed by atoms with Gasteiger partial charge in [-0.25, -0.2) is 0 Å². The maximum absolute atomic E-state index is 12.8. The Labute approximate surface area is 109 Å². The molecule has 6 heteroatoms. The van der Waals surface area contributed by atoms with E-state index < -0.39 is 11.7 Å². The van der Waals surface area contributed by atoms with E-state index in [0.717, 1.165) is 31.7 Å². The first-order chi connectivity index (χ1) is 8.88. The first-order valence-electron chi connectivity index (χ1n) is 6.15. The molecule has 1 aromatic rings. The minimum absolute atomic E-state index is 0.0196. The molecule has 1 aliphatic carbocycles. The molecule has 104 valence electrons. The maximum Gasteiger partial charge on any atom is 0.418 e. The summed E-state index contributed by atoms with van der Waals surface area (Å²) in [6.45, 7) is 0. The number of nitrogens with one attached hydrogen (secondary N) is 1. The Morgan fingerprint density at radius 3 is 2.47 bits per heavy atom. The molecule has 0 bridgehead atoms. The number of nitrogens with two attached hydrogens (primary N) is 1. The number of benzene rings is 1. The first-order valence-corrected chi connectivity index (χ1v) is 6.15. The molecule has 0 saturated heterocycles. The van der Waals surface area contributed by atoms with Crippen molar-refractivity contribution in [2.45, 2.75) is 31.9 Å². The Morgan fingerprint density at radius 2 is 1.89 bits per heavy atom. The Bertz CT molecular complexity index is 479. The average molecular weight is 272 g/mol. The highest BCUT2D eigenvalue weighted by molar-refractivity contribution is 5.93. The lowest BCUT2D eigenvalue weighted by molar-refractivity contribution is -0.137. The van der Waals surface area contributed by atoms with Crippen LogP contribution in [0.5, 0.6) is 0 Å². The Balaban J connectivity index is 2.22. The standard InChI is InChI=1S/C13H15F3N2O/c14-13(15,16)10-7-9(17)5-6-11(10)18-12(19)8-3-1-2-4-8/h5-8H,1-4,17H2,(H,18,19). The van der Waals surface area contributed by atoms with Crippen LogP contribution in [0, 0.1) is 5.92 Å². The van der Waals surface area contributed by atoms with Crippen molar-refractivity contribution in [1.29, 1.82) is 0 Å². The van der Waals surface area contributed by atoms with Gasteiger partial charge in [0.2, 0.25) is 5.91 Å². The van der Waals surface area contributed by atoms with Crippen molar-refractivity contribution in [3.8, 4) is 0 Å². The third kappa shape index (κ3) is 3.19. The predicted octanol–water partition coefficient (Wildman–Crippen LogP) is 3.42. The van der Waals surface area contributed by atoms with Gasteiger partial charge in [0.1, 0.15) is 0 Å². The van der Waals surface area contributed by atoms with Crippen LogP contribution in [0.2, 0.25) is 0 Å². The topological polar surface area (TPSA) is 55.1 Å². The molecule has 1 aliphatic rings. The summed E-state index contributed by atoms with van der Waals surface area (Å²) in [7, 11) is 0. The molecule has 0 radical (unpaired) electrons. The van der Waals surface area contributed by atoms with Gasteiger partial charge in [0.25, 0.3) is 0 Å². The van der Waals surface area contributed by atoms with Gasteiger partial charge in [0.15, 0.2) is 0 Å². The first kappa shape index (κ1) is 13.7. The fourth-order valence-corrected chi connectivity index (χ4v) is 2.33. The van der Waals surface area contributed by atoms with Gasteiger partial charge in [-0.1, -0.05) is 12.8 Å². The van der Waals surface area contributed by atoms with Crippen LogP contribution in [-0.4, -0.2) is 5.91 Å². The zero-order chi connectivity index (χ0) is 14.0. The third-order valence-corrected chi connectivity index (χ3v) is 3.33. The molecule has 1 saturated carbocycles. The van der Waals surface area contributed by atoms with E-state index in [4.69, 9.17) is 5.73 Å². The molecule has 2 rings (SSSR count). The summed E-state index contributed by atoms with van der Waals surface area (Å²) >= 11 is 0. The molecule has 3 N–H and O–H groups in total. The molecule has 0 aromatic heterocycles. The SMILES string of the molecule is Nc1ccc(NC(=O)C2CCCC2)c(C(F)(F)F)c1. The van der Waals surface area contributed by atoms with Gasteiger partial charge in [0, 0.05) is 11.6 Å². The predicted molar refractivity (Wildman–Crippen MR) is 66.4 cm³/mol. The summed E-state index contributed by atoms with van der Waals surface area (Å²) in [5, 5.41) is 2.37. The number of alkyl halides is 3. The van der Waals surface area contributed by atoms with Gasteiger partial charge >= 0.3 is 6.18 Å². The zero-order valence-corrected chi connectivity index (χ0v) is 10.3. The maximum atomic E-state index is 12.8. The van der Waals surface area contributed by atoms with Crippen LogP contribution in [0.4, 0.5) is 24.5 Å². The second-order valence-corrected chi connectivity index (χ2v) is 4.77. The summed E-state index contributed by atoms with van der Waals surface area (Å²) in [6, 6.07) is 3.38. The molecule has 0 aliphatic heterocycles. The molecule has 0 spiro atoms. The number of nitrogen functional groups attached to an aromatic ring is 1. The highest BCUT2D eigenvalue weighted by Gasteiger charge is 2.34. The van der Waals surface area contributed by atoms with Crippen molar-refractivity contribution >= 4 is 17.3 Å². The van der Waals surface area contributed by atoms with Crippen LogP contribution < -0.4 is 11.1 Å². The van der Waals surface area contributed by atoms with Gasteiger partial charge in [0.05, 0.1) is 11.3 Å². The number of halogens is 3. The minimum Gasteiger partial charge on any atom is -0.399 e. The highest BCUT2D eigenvalue weighted by atomic mass is 19.4. The zero-order valence-electron chi connectivity index (χ0n) is 10.3. The fraction of sp³-hybridized carbons (Fsp3) is 0.462. The molecule has 0 atom stereocenters. The van der Waals surface area contributed by atoms with E-state index in [0.29, 0.717) is 0 Å². The second-order valence-electron chi connectivity index (χ2n) is 4.77. The second kappa shape index (κ2) is 5.11. The molecule has 1 fully saturated rings. The number of amides is 1. The van der Waals surface area contributed by atoms with Gasteiger partial charge in [-0.2, -0.15) is 13.2 Å². The van der Waals surface area contributed by atoms with Crippen LogP contribution >= 0.6 is 0 Å². The van der Waals surface area contributed by atoms with Crippen molar-refractivity contribution in [3.05, 3.63) is 23.8 Å². The molecular formula is C13H15F3N2O. The van der Waals surface area contributed by atoms with E-state index in [1.165, 1.54) is 12.1 Å². The number of anilines is 2. The van der Waals surface area contributed by atoms with E-state index in [-0.39, 0.29) is 23.2 Å². The van der Waals surface area contributed by atoms with Crippen molar-refractivity contribution in [2.24, 2.45) is 5.92 Å². The minimum atomic E-state index is -4.53. The van der Waals surface area contributed by atoms with E-state index in [1.807, 2.05) is 0 Å². The smallest absolute Gasteiger partial charge is 0.399 e. The Hall–Kier alpha value is -1.72. The van der Waals surface area contributed by atoms with Crippen LogP contribution in [0.15, 0.2) is 18.2 Å². The van der Waals surface area contributed by atoms with Gasteiger partial charge < -0.3 is 11.1 Å². The largest absolute Gasteiger partial charge is 0.418 e. The third-order valence-electron chi connectivity index (χ3n) is 3.33. The molecule has 3 nitrogen and oxygen atoms in total. The van der Waals surface area contributed by atoms with Gasteiger partial charge in [-0.05, 0) is 31.0 Å². The fourth-order valence-electron chi connectivity index (χ4n) is 2.33. The van der Waals surface area contributed by atoms with E-state index >= 15 is 0 Å². The Morgan fingerprint density at radius 1 is 1.26 bits per heavy atom. The van der Waals surface area contributed by atoms with Crippen molar-refractivity contribution in [1.82, 2.24) is 0 Å². The van der Waals surface area contributed by atoms with Crippen LogP contribution in [-0.2, 0) is 11.0 Å². The van der Waals surface area contributed by atoms with Crippen molar-refractivity contribution in [3.63, 3.8) is 0 Å². The molecule has 19 heavy (non-hydrogen) atoms. The molecule has 1 aromatic carbocycles. The molecule has 0 heterocycles. The van der Waals surface area contributed by atoms with Crippen LogP contribution in [0.1, 0.15) is 31.2 Å². The van der Waals surface area contributed by atoms with Gasteiger partial charge in [-0.3, -0.25) is 4.79 Å². The van der Waals surface area contributed by atoms with Crippen LogP contribution in [0.25, 0.3) is 0 Å². The molecule has 0 unspecified atom stereocenters. The summed E-state index contributed by atoms with van der Waals surface area (Å²) in [6.07, 6.45) is -1.16. The monoisotopic (exact) mass is 272 g/mol.